The topological polar surface area (TPSA) is 33.1 Å². The van der Waals surface area contributed by atoms with E-state index in [1.54, 1.807) is 6.20 Å². The van der Waals surface area contributed by atoms with Crippen molar-refractivity contribution in [1.29, 1.82) is 0 Å². The van der Waals surface area contributed by atoms with Crippen LogP contribution in [0.1, 0.15) is 30.7 Å². The van der Waals surface area contributed by atoms with Gasteiger partial charge in [-0.2, -0.15) is 0 Å². The lowest BCUT2D eigenvalue weighted by molar-refractivity contribution is 0.163. The molecule has 0 amide bonds. The van der Waals surface area contributed by atoms with E-state index in [9.17, 15) is 5.11 Å². The van der Waals surface area contributed by atoms with Crippen molar-refractivity contribution in [3.63, 3.8) is 0 Å². The molecule has 0 saturated heterocycles. The molecule has 2 atom stereocenters. The first kappa shape index (κ1) is 7.74. The van der Waals surface area contributed by atoms with E-state index in [0.29, 0.717) is 5.92 Å². The lowest BCUT2D eigenvalue weighted by atomic mass is 9.98. The van der Waals surface area contributed by atoms with Crippen molar-refractivity contribution in [3.8, 4) is 0 Å². The summed E-state index contributed by atoms with van der Waals surface area (Å²) in [5, 5.41) is 9.61. The van der Waals surface area contributed by atoms with Gasteiger partial charge in [-0.05, 0) is 24.5 Å². The first-order valence-electron chi connectivity index (χ1n) is 4.46. The van der Waals surface area contributed by atoms with E-state index in [2.05, 4.69) is 4.98 Å². The minimum Gasteiger partial charge on any atom is -0.392 e. The Bertz CT molecular complexity index is 247. The number of rotatable bonds is 1. The monoisotopic (exact) mass is 163 g/mol. The highest BCUT2D eigenvalue weighted by molar-refractivity contribution is 5.17. The molecule has 0 bridgehead atoms. The molecule has 1 aliphatic carbocycles. The third-order valence-electron chi connectivity index (χ3n) is 2.59. The van der Waals surface area contributed by atoms with Gasteiger partial charge in [0, 0.05) is 18.3 Å². The standard InChI is InChI=1S/C10H13NO/c12-10-5-1-4-9(10)8-3-2-6-11-7-8/h2-3,6-7,9-10,12H,1,4-5H2/t9-,10-/m1/s1. The summed E-state index contributed by atoms with van der Waals surface area (Å²) >= 11 is 0. The van der Waals surface area contributed by atoms with Gasteiger partial charge in [-0.15, -0.1) is 0 Å². The predicted octanol–water partition coefficient (Wildman–Crippen LogP) is 1.71. The van der Waals surface area contributed by atoms with Crippen LogP contribution in [0.2, 0.25) is 0 Å². The van der Waals surface area contributed by atoms with Gasteiger partial charge in [0.2, 0.25) is 0 Å². The Morgan fingerprint density at radius 1 is 1.42 bits per heavy atom. The Balaban J connectivity index is 2.19. The second-order valence-corrected chi connectivity index (χ2v) is 3.39. The quantitative estimate of drug-likeness (QED) is 0.683. The number of aromatic nitrogens is 1. The number of aliphatic hydroxyl groups is 1. The van der Waals surface area contributed by atoms with Crippen molar-refractivity contribution >= 4 is 0 Å². The predicted molar refractivity (Wildman–Crippen MR) is 46.8 cm³/mol. The molecule has 0 radical (unpaired) electrons. The molecule has 12 heavy (non-hydrogen) atoms. The van der Waals surface area contributed by atoms with Crippen molar-refractivity contribution in [1.82, 2.24) is 4.98 Å². The molecule has 1 aliphatic rings. The first-order valence-corrected chi connectivity index (χ1v) is 4.46. The van der Waals surface area contributed by atoms with Gasteiger partial charge in [0.15, 0.2) is 0 Å². The number of hydrogen-bond acceptors (Lipinski definition) is 2. The highest BCUT2D eigenvalue weighted by Gasteiger charge is 2.26. The number of aliphatic hydroxyl groups excluding tert-OH is 1. The molecule has 0 spiro atoms. The van der Waals surface area contributed by atoms with Gasteiger partial charge >= 0.3 is 0 Å². The molecule has 2 heteroatoms. The largest absolute Gasteiger partial charge is 0.392 e. The van der Waals surface area contributed by atoms with E-state index in [4.69, 9.17) is 0 Å². The van der Waals surface area contributed by atoms with Gasteiger partial charge in [0.25, 0.3) is 0 Å². The fourth-order valence-corrected chi connectivity index (χ4v) is 1.92. The van der Waals surface area contributed by atoms with Crippen molar-refractivity contribution < 1.29 is 5.11 Å². The van der Waals surface area contributed by atoms with Crippen molar-refractivity contribution in [2.24, 2.45) is 0 Å². The maximum atomic E-state index is 9.61. The van der Waals surface area contributed by atoms with Crippen molar-refractivity contribution in [2.45, 2.75) is 31.3 Å². The number of pyridine rings is 1. The third kappa shape index (κ3) is 1.34. The van der Waals surface area contributed by atoms with Gasteiger partial charge in [0.1, 0.15) is 0 Å². The van der Waals surface area contributed by atoms with Gasteiger partial charge in [-0.1, -0.05) is 12.5 Å². The van der Waals surface area contributed by atoms with Crippen molar-refractivity contribution in [2.75, 3.05) is 0 Å². The molecule has 1 aromatic rings. The zero-order valence-electron chi connectivity index (χ0n) is 6.98. The average molecular weight is 163 g/mol. The zero-order valence-corrected chi connectivity index (χ0v) is 6.98. The van der Waals surface area contributed by atoms with E-state index < -0.39 is 0 Å². The Labute approximate surface area is 72.3 Å². The Hall–Kier alpha value is -0.890. The summed E-state index contributed by atoms with van der Waals surface area (Å²) in [6, 6.07) is 3.98. The van der Waals surface area contributed by atoms with Gasteiger partial charge in [0.05, 0.1) is 6.10 Å². The van der Waals surface area contributed by atoms with Gasteiger partial charge < -0.3 is 5.11 Å². The molecule has 2 rings (SSSR count). The lowest BCUT2D eigenvalue weighted by Gasteiger charge is -2.13. The van der Waals surface area contributed by atoms with Gasteiger partial charge in [-0.25, -0.2) is 0 Å². The second-order valence-electron chi connectivity index (χ2n) is 3.39. The molecule has 1 aromatic heterocycles. The SMILES string of the molecule is O[C@@H]1CCC[C@@H]1c1cccnc1. The van der Waals surface area contributed by atoms with E-state index in [1.165, 1.54) is 5.56 Å². The summed E-state index contributed by atoms with van der Waals surface area (Å²) in [5.74, 6) is 0.332. The minimum atomic E-state index is -0.144. The molecular weight excluding hydrogens is 150 g/mol. The molecule has 0 unspecified atom stereocenters. The smallest absolute Gasteiger partial charge is 0.0609 e. The zero-order chi connectivity index (χ0) is 8.39. The lowest BCUT2D eigenvalue weighted by Crippen LogP contribution is -2.10. The fraction of sp³-hybridized carbons (Fsp3) is 0.500. The Morgan fingerprint density at radius 3 is 2.92 bits per heavy atom. The Morgan fingerprint density at radius 2 is 2.33 bits per heavy atom. The fourth-order valence-electron chi connectivity index (χ4n) is 1.92. The van der Waals surface area contributed by atoms with Crippen LogP contribution in [0.25, 0.3) is 0 Å². The second kappa shape index (κ2) is 3.23. The van der Waals surface area contributed by atoms with Crippen molar-refractivity contribution in [3.05, 3.63) is 30.1 Å². The summed E-state index contributed by atoms with van der Waals surface area (Å²) in [5.41, 5.74) is 1.18. The van der Waals surface area contributed by atoms with Crippen LogP contribution in [0.4, 0.5) is 0 Å². The highest BCUT2D eigenvalue weighted by atomic mass is 16.3. The molecule has 1 fully saturated rings. The summed E-state index contributed by atoms with van der Waals surface area (Å²) < 4.78 is 0. The minimum absolute atomic E-state index is 0.144. The number of hydrogen-bond donors (Lipinski definition) is 1. The van der Waals surface area contributed by atoms with E-state index in [1.807, 2.05) is 18.3 Å². The molecule has 0 aliphatic heterocycles. The van der Waals surface area contributed by atoms with Crippen LogP contribution < -0.4 is 0 Å². The summed E-state index contributed by atoms with van der Waals surface area (Å²) in [4.78, 5) is 4.05. The summed E-state index contributed by atoms with van der Waals surface area (Å²) in [6.07, 6.45) is 6.67. The molecule has 1 heterocycles. The third-order valence-corrected chi connectivity index (χ3v) is 2.59. The van der Waals surface area contributed by atoms with Crippen LogP contribution in [-0.2, 0) is 0 Å². The van der Waals surface area contributed by atoms with Crippen LogP contribution in [0.3, 0.4) is 0 Å². The maximum absolute atomic E-state index is 9.61. The van der Waals surface area contributed by atoms with Crippen LogP contribution >= 0.6 is 0 Å². The molecule has 0 aromatic carbocycles. The molecule has 1 N–H and O–H groups in total. The molecular formula is C10H13NO. The summed E-state index contributed by atoms with van der Waals surface area (Å²) in [6.45, 7) is 0. The van der Waals surface area contributed by atoms with E-state index >= 15 is 0 Å². The van der Waals surface area contributed by atoms with Crippen LogP contribution in [0.5, 0.6) is 0 Å². The molecule has 1 saturated carbocycles. The number of nitrogens with zero attached hydrogens (tertiary/aromatic N) is 1. The van der Waals surface area contributed by atoms with E-state index in [-0.39, 0.29) is 6.10 Å². The van der Waals surface area contributed by atoms with Crippen LogP contribution in [0, 0.1) is 0 Å². The average Bonchev–Trinajstić information content (AvgIpc) is 2.53. The molecule has 2 nitrogen and oxygen atoms in total. The van der Waals surface area contributed by atoms with Gasteiger partial charge in [-0.3, -0.25) is 4.98 Å². The van der Waals surface area contributed by atoms with Crippen LogP contribution in [-0.4, -0.2) is 16.2 Å². The maximum Gasteiger partial charge on any atom is 0.0609 e. The van der Waals surface area contributed by atoms with Crippen LogP contribution in [0.15, 0.2) is 24.5 Å². The van der Waals surface area contributed by atoms with E-state index in [0.717, 1.165) is 19.3 Å². The summed E-state index contributed by atoms with van der Waals surface area (Å²) in [7, 11) is 0. The normalized spacial score (nSPS) is 29.1. The highest BCUT2D eigenvalue weighted by Crippen LogP contribution is 2.33. The first-order chi connectivity index (χ1) is 5.88. The molecule has 64 valence electrons. The Kier molecular flexibility index (Phi) is 2.09.